The summed E-state index contributed by atoms with van der Waals surface area (Å²) in [6.45, 7) is 2.04. The maximum absolute atomic E-state index is 13.0. The van der Waals surface area contributed by atoms with Crippen LogP contribution in [0.2, 0.25) is 0 Å². The van der Waals surface area contributed by atoms with Crippen molar-refractivity contribution in [2.24, 2.45) is 0 Å². The Hall–Kier alpha value is -3.22. The summed E-state index contributed by atoms with van der Waals surface area (Å²) in [5, 5.41) is 4.29. The zero-order valence-corrected chi connectivity index (χ0v) is 13.5. The molecule has 0 amide bonds. The third kappa shape index (κ3) is 3.08. The van der Waals surface area contributed by atoms with Crippen LogP contribution in [-0.2, 0) is 6.42 Å². The van der Waals surface area contributed by atoms with E-state index < -0.39 is 0 Å². The highest BCUT2D eigenvalue weighted by molar-refractivity contribution is 5.74. The first kappa shape index (κ1) is 15.3. The zero-order valence-electron chi connectivity index (χ0n) is 13.5. The lowest BCUT2D eigenvalue weighted by atomic mass is 10.0. The highest BCUT2D eigenvalue weighted by Crippen LogP contribution is 2.22. The van der Waals surface area contributed by atoms with Crippen LogP contribution in [0.25, 0.3) is 16.9 Å². The van der Waals surface area contributed by atoms with Crippen LogP contribution in [0, 0.1) is 5.82 Å². The standard InChI is InChI=1S/C18H15FN6/c1-12(16-3-2-13(19)9-22-16)8-14-4-5-21-18(24-14)15-10-23-25-7-6-20-11-17(15)25/h2-7,9-12H,8H2,1H3/t12-/m1/s1. The quantitative estimate of drug-likeness (QED) is 0.574. The third-order valence-electron chi connectivity index (χ3n) is 4.05. The summed E-state index contributed by atoms with van der Waals surface area (Å²) in [6, 6.07) is 5.02. The molecule has 4 aromatic rings. The fourth-order valence-corrected chi connectivity index (χ4v) is 2.74. The summed E-state index contributed by atoms with van der Waals surface area (Å²) in [5.41, 5.74) is 3.42. The molecule has 0 N–H and O–H groups in total. The van der Waals surface area contributed by atoms with Crippen molar-refractivity contribution in [3.05, 3.63) is 72.6 Å². The third-order valence-corrected chi connectivity index (χ3v) is 4.05. The van der Waals surface area contributed by atoms with Crippen molar-refractivity contribution in [2.75, 3.05) is 0 Å². The molecule has 0 saturated heterocycles. The Bertz CT molecular complexity index is 1010. The van der Waals surface area contributed by atoms with Gasteiger partial charge >= 0.3 is 0 Å². The van der Waals surface area contributed by atoms with Crippen molar-refractivity contribution in [3.8, 4) is 11.4 Å². The zero-order chi connectivity index (χ0) is 17.2. The molecule has 4 rings (SSSR count). The van der Waals surface area contributed by atoms with E-state index in [-0.39, 0.29) is 11.7 Å². The minimum Gasteiger partial charge on any atom is -0.261 e. The van der Waals surface area contributed by atoms with Gasteiger partial charge in [0.1, 0.15) is 5.82 Å². The van der Waals surface area contributed by atoms with E-state index in [9.17, 15) is 4.39 Å². The van der Waals surface area contributed by atoms with Crippen molar-refractivity contribution < 1.29 is 4.39 Å². The molecular weight excluding hydrogens is 319 g/mol. The Kier molecular flexibility index (Phi) is 3.89. The molecule has 0 aliphatic heterocycles. The number of fused-ring (bicyclic) bond motifs is 1. The lowest BCUT2D eigenvalue weighted by Crippen LogP contribution is -2.04. The van der Waals surface area contributed by atoms with Crippen molar-refractivity contribution in [3.63, 3.8) is 0 Å². The number of hydrogen-bond acceptors (Lipinski definition) is 5. The molecule has 0 aliphatic carbocycles. The number of pyridine rings is 1. The summed E-state index contributed by atoms with van der Waals surface area (Å²) >= 11 is 0. The minimum absolute atomic E-state index is 0.119. The summed E-state index contributed by atoms with van der Waals surface area (Å²) in [6.07, 6.45) is 10.6. The van der Waals surface area contributed by atoms with Crippen LogP contribution in [-0.4, -0.2) is 29.5 Å². The van der Waals surface area contributed by atoms with Gasteiger partial charge in [0, 0.05) is 35.9 Å². The number of hydrogen-bond donors (Lipinski definition) is 0. The van der Waals surface area contributed by atoms with E-state index in [0.29, 0.717) is 12.2 Å². The Morgan fingerprint density at radius 2 is 2.00 bits per heavy atom. The molecule has 0 spiro atoms. The second-order valence-electron chi connectivity index (χ2n) is 5.84. The summed E-state index contributed by atoms with van der Waals surface area (Å²) < 4.78 is 14.8. The summed E-state index contributed by atoms with van der Waals surface area (Å²) in [5.74, 6) is 0.399. The fourth-order valence-electron chi connectivity index (χ4n) is 2.74. The maximum Gasteiger partial charge on any atom is 0.163 e. The van der Waals surface area contributed by atoms with Gasteiger partial charge in [-0.2, -0.15) is 5.10 Å². The largest absolute Gasteiger partial charge is 0.261 e. The normalized spacial score (nSPS) is 12.4. The number of nitrogens with zero attached hydrogens (tertiary/aromatic N) is 6. The van der Waals surface area contributed by atoms with Crippen molar-refractivity contribution in [2.45, 2.75) is 19.3 Å². The van der Waals surface area contributed by atoms with E-state index in [1.165, 1.54) is 12.3 Å². The summed E-state index contributed by atoms with van der Waals surface area (Å²) in [7, 11) is 0. The van der Waals surface area contributed by atoms with Crippen LogP contribution in [0.4, 0.5) is 4.39 Å². The molecule has 4 aromatic heterocycles. The van der Waals surface area contributed by atoms with E-state index in [1.807, 2.05) is 13.0 Å². The van der Waals surface area contributed by atoms with Gasteiger partial charge < -0.3 is 0 Å². The number of aromatic nitrogens is 6. The molecule has 6 nitrogen and oxygen atoms in total. The van der Waals surface area contributed by atoms with Gasteiger partial charge in [-0.15, -0.1) is 0 Å². The molecule has 0 bridgehead atoms. The lowest BCUT2D eigenvalue weighted by Gasteiger charge is -2.10. The first-order valence-electron chi connectivity index (χ1n) is 7.92. The lowest BCUT2D eigenvalue weighted by molar-refractivity contribution is 0.614. The Balaban J connectivity index is 1.62. The second kappa shape index (κ2) is 6.35. The average molecular weight is 334 g/mol. The van der Waals surface area contributed by atoms with Crippen molar-refractivity contribution in [1.82, 2.24) is 29.5 Å². The van der Waals surface area contributed by atoms with Crippen LogP contribution < -0.4 is 0 Å². The van der Waals surface area contributed by atoms with Crippen molar-refractivity contribution in [1.29, 1.82) is 0 Å². The first-order chi connectivity index (χ1) is 12.2. The van der Waals surface area contributed by atoms with E-state index >= 15 is 0 Å². The van der Waals surface area contributed by atoms with Gasteiger partial charge in [-0.05, 0) is 24.6 Å². The average Bonchev–Trinajstić information content (AvgIpc) is 3.06. The Labute approximate surface area is 143 Å². The SMILES string of the molecule is C[C@H](Cc1ccnc(-c2cnn3ccncc23)n1)c1ccc(F)cn1. The molecule has 0 saturated carbocycles. The van der Waals surface area contributed by atoms with Gasteiger partial charge in [0.25, 0.3) is 0 Å². The smallest absolute Gasteiger partial charge is 0.163 e. The predicted octanol–water partition coefficient (Wildman–Crippen LogP) is 3.07. The molecular formula is C18H15FN6. The Morgan fingerprint density at radius 3 is 2.84 bits per heavy atom. The maximum atomic E-state index is 13.0. The minimum atomic E-state index is -0.332. The van der Waals surface area contributed by atoms with Gasteiger partial charge in [-0.3, -0.25) is 9.97 Å². The highest BCUT2D eigenvalue weighted by atomic mass is 19.1. The molecule has 1 atom stereocenters. The molecule has 25 heavy (non-hydrogen) atoms. The van der Waals surface area contributed by atoms with Crippen LogP contribution >= 0.6 is 0 Å². The van der Waals surface area contributed by atoms with Gasteiger partial charge in [0.05, 0.1) is 29.7 Å². The molecule has 0 aromatic carbocycles. The molecule has 0 unspecified atom stereocenters. The first-order valence-corrected chi connectivity index (χ1v) is 7.92. The highest BCUT2D eigenvalue weighted by Gasteiger charge is 2.13. The molecule has 0 fully saturated rings. The topological polar surface area (TPSA) is 68.9 Å². The second-order valence-corrected chi connectivity index (χ2v) is 5.84. The van der Waals surface area contributed by atoms with Crippen LogP contribution in [0.1, 0.15) is 24.2 Å². The predicted molar refractivity (Wildman–Crippen MR) is 90.3 cm³/mol. The Morgan fingerprint density at radius 1 is 1.08 bits per heavy atom. The molecule has 0 radical (unpaired) electrons. The van der Waals surface area contributed by atoms with E-state index in [2.05, 4.69) is 25.0 Å². The van der Waals surface area contributed by atoms with Gasteiger partial charge in [0.2, 0.25) is 0 Å². The summed E-state index contributed by atoms with van der Waals surface area (Å²) in [4.78, 5) is 17.3. The molecule has 7 heteroatoms. The monoisotopic (exact) mass is 334 g/mol. The van der Waals surface area contributed by atoms with Crippen LogP contribution in [0.5, 0.6) is 0 Å². The van der Waals surface area contributed by atoms with Crippen LogP contribution in [0.3, 0.4) is 0 Å². The van der Waals surface area contributed by atoms with Gasteiger partial charge in [-0.25, -0.2) is 18.9 Å². The van der Waals surface area contributed by atoms with Crippen LogP contribution in [0.15, 0.2) is 55.4 Å². The van der Waals surface area contributed by atoms with E-state index in [0.717, 1.165) is 22.5 Å². The molecule has 124 valence electrons. The van der Waals surface area contributed by atoms with Crippen molar-refractivity contribution >= 4 is 5.52 Å². The number of rotatable bonds is 4. The van der Waals surface area contributed by atoms with E-state index in [1.54, 1.807) is 41.6 Å². The van der Waals surface area contributed by atoms with E-state index in [4.69, 9.17) is 0 Å². The number of halogens is 1. The van der Waals surface area contributed by atoms with Gasteiger partial charge in [-0.1, -0.05) is 6.92 Å². The molecule has 4 heterocycles. The molecule has 0 aliphatic rings. The fraction of sp³-hybridized carbons (Fsp3) is 0.167. The van der Waals surface area contributed by atoms with Gasteiger partial charge in [0.15, 0.2) is 5.82 Å².